The van der Waals surface area contributed by atoms with Crippen LogP contribution in [0.3, 0.4) is 0 Å². The van der Waals surface area contributed by atoms with Gasteiger partial charge in [-0.05, 0) is 43.5 Å². The van der Waals surface area contributed by atoms with E-state index in [1.54, 1.807) is 6.92 Å². The Labute approximate surface area is 101 Å². The molecule has 1 atom stereocenters. The van der Waals surface area contributed by atoms with Gasteiger partial charge in [-0.25, -0.2) is 0 Å². The monoisotopic (exact) mass is 235 g/mol. The predicted octanol–water partition coefficient (Wildman–Crippen LogP) is 1.96. The van der Waals surface area contributed by atoms with Crippen molar-refractivity contribution < 1.29 is 15.1 Å². The van der Waals surface area contributed by atoms with E-state index in [-0.39, 0.29) is 6.10 Å². The lowest BCUT2D eigenvalue weighted by Crippen LogP contribution is -2.07. The molecule has 4 nitrogen and oxygen atoms in total. The molecular weight excluding hydrogens is 218 g/mol. The molecule has 92 valence electrons. The second-order valence-electron chi connectivity index (χ2n) is 4.35. The average Bonchev–Trinajstić information content (AvgIpc) is 2.70. The van der Waals surface area contributed by atoms with Gasteiger partial charge in [0.2, 0.25) is 0 Å². The van der Waals surface area contributed by atoms with Crippen LogP contribution in [0.4, 0.5) is 0 Å². The molecule has 0 heterocycles. The van der Waals surface area contributed by atoms with Gasteiger partial charge in [-0.2, -0.15) is 0 Å². The molecule has 0 saturated carbocycles. The number of aliphatic hydroxyl groups excluding tert-OH is 1. The Kier molecular flexibility index (Phi) is 3.64. The quantitative estimate of drug-likeness (QED) is 0.619. The number of hydrogen-bond acceptors (Lipinski definition) is 4. The highest BCUT2D eigenvalue weighted by Gasteiger charge is 2.18. The van der Waals surface area contributed by atoms with Crippen molar-refractivity contribution in [2.24, 2.45) is 5.16 Å². The zero-order chi connectivity index (χ0) is 12.3. The fraction of sp³-hybridized carbons (Fsp3) is 0.462. The van der Waals surface area contributed by atoms with Crippen LogP contribution in [0, 0.1) is 0 Å². The number of aryl methyl sites for hydroxylation is 1. The van der Waals surface area contributed by atoms with Crippen molar-refractivity contribution in [3.63, 3.8) is 0 Å². The Hall–Kier alpha value is -1.55. The first kappa shape index (κ1) is 11.9. The van der Waals surface area contributed by atoms with Crippen LogP contribution < -0.4 is 4.74 Å². The van der Waals surface area contributed by atoms with Gasteiger partial charge in [-0.1, -0.05) is 5.16 Å². The van der Waals surface area contributed by atoms with Crippen LogP contribution in [-0.4, -0.2) is 28.7 Å². The van der Waals surface area contributed by atoms with Crippen molar-refractivity contribution in [3.05, 3.63) is 29.3 Å². The Morgan fingerprint density at radius 1 is 1.41 bits per heavy atom. The van der Waals surface area contributed by atoms with Crippen LogP contribution in [-0.2, 0) is 6.42 Å². The fourth-order valence-corrected chi connectivity index (χ4v) is 1.99. The third-order valence-electron chi connectivity index (χ3n) is 2.94. The smallest absolute Gasteiger partial charge is 0.119 e. The van der Waals surface area contributed by atoms with Crippen LogP contribution in [0.2, 0.25) is 0 Å². The molecule has 0 spiro atoms. The van der Waals surface area contributed by atoms with Crippen LogP contribution in [0.15, 0.2) is 23.4 Å². The van der Waals surface area contributed by atoms with Crippen LogP contribution >= 0.6 is 0 Å². The van der Waals surface area contributed by atoms with Crippen molar-refractivity contribution in [3.8, 4) is 5.75 Å². The largest absolute Gasteiger partial charge is 0.493 e. The summed E-state index contributed by atoms with van der Waals surface area (Å²) in [7, 11) is 0. The van der Waals surface area contributed by atoms with Crippen molar-refractivity contribution in [1.29, 1.82) is 0 Å². The minimum Gasteiger partial charge on any atom is -0.493 e. The molecular formula is C13H17NO3. The summed E-state index contributed by atoms with van der Waals surface area (Å²) in [5.74, 6) is 0.809. The molecule has 0 fully saturated rings. The maximum absolute atomic E-state index is 9.13. The molecule has 2 N–H and O–H groups in total. The van der Waals surface area contributed by atoms with Gasteiger partial charge in [0, 0.05) is 12.0 Å². The predicted molar refractivity (Wildman–Crippen MR) is 64.9 cm³/mol. The molecule has 0 saturated heterocycles. The normalized spacial score (nSPS) is 18.1. The Morgan fingerprint density at radius 2 is 2.24 bits per heavy atom. The number of fused-ring (bicyclic) bond motifs is 1. The summed E-state index contributed by atoms with van der Waals surface area (Å²) in [6, 6.07) is 5.78. The number of hydrogen-bond donors (Lipinski definition) is 2. The van der Waals surface area contributed by atoms with Gasteiger partial charge in [0.25, 0.3) is 0 Å². The second-order valence-corrected chi connectivity index (χ2v) is 4.35. The standard InChI is InChI=1S/C13H17NO3/c1-9(15)6-7-17-11-3-4-12-10(8-11)2-5-13(12)14-16/h3-4,8-9,15-16H,2,5-7H2,1H3/b14-13+. The van der Waals surface area contributed by atoms with Gasteiger partial charge in [-0.15, -0.1) is 0 Å². The van der Waals surface area contributed by atoms with E-state index in [1.165, 1.54) is 0 Å². The Morgan fingerprint density at radius 3 is 2.94 bits per heavy atom. The zero-order valence-corrected chi connectivity index (χ0v) is 9.89. The van der Waals surface area contributed by atoms with Gasteiger partial charge in [0.05, 0.1) is 18.4 Å². The number of ether oxygens (including phenoxy) is 1. The highest BCUT2D eigenvalue weighted by molar-refractivity contribution is 6.04. The molecule has 1 aliphatic carbocycles. The van der Waals surface area contributed by atoms with Crippen LogP contribution in [0.5, 0.6) is 5.75 Å². The van der Waals surface area contributed by atoms with Gasteiger partial charge >= 0.3 is 0 Å². The van der Waals surface area contributed by atoms with Gasteiger partial charge in [0.15, 0.2) is 0 Å². The van der Waals surface area contributed by atoms with E-state index >= 15 is 0 Å². The zero-order valence-electron chi connectivity index (χ0n) is 9.89. The van der Waals surface area contributed by atoms with Crippen LogP contribution in [0.1, 0.15) is 30.9 Å². The third kappa shape index (κ3) is 2.77. The molecule has 0 bridgehead atoms. The van der Waals surface area contributed by atoms with E-state index in [0.29, 0.717) is 13.0 Å². The average molecular weight is 235 g/mol. The maximum Gasteiger partial charge on any atom is 0.119 e. The number of aliphatic hydroxyl groups is 1. The summed E-state index contributed by atoms with van der Waals surface area (Å²) in [5.41, 5.74) is 2.92. The Balaban J connectivity index is 2.03. The maximum atomic E-state index is 9.13. The first-order chi connectivity index (χ1) is 8.20. The van der Waals surface area contributed by atoms with E-state index in [1.807, 2.05) is 18.2 Å². The number of nitrogens with zero attached hydrogens (tertiary/aromatic N) is 1. The first-order valence-electron chi connectivity index (χ1n) is 5.86. The molecule has 0 radical (unpaired) electrons. The number of rotatable bonds is 4. The molecule has 1 aromatic carbocycles. The fourth-order valence-electron chi connectivity index (χ4n) is 1.99. The van der Waals surface area contributed by atoms with Crippen LogP contribution in [0.25, 0.3) is 0 Å². The van der Waals surface area contributed by atoms with E-state index < -0.39 is 0 Å². The molecule has 1 unspecified atom stereocenters. The lowest BCUT2D eigenvalue weighted by molar-refractivity contribution is 0.155. The topological polar surface area (TPSA) is 62.0 Å². The van der Waals surface area contributed by atoms with Crippen molar-refractivity contribution in [1.82, 2.24) is 0 Å². The molecule has 1 aliphatic rings. The summed E-state index contributed by atoms with van der Waals surface area (Å²) < 4.78 is 5.55. The minimum atomic E-state index is -0.336. The highest BCUT2D eigenvalue weighted by Crippen LogP contribution is 2.26. The third-order valence-corrected chi connectivity index (χ3v) is 2.94. The van der Waals surface area contributed by atoms with E-state index in [0.717, 1.165) is 35.4 Å². The minimum absolute atomic E-state index is 0.336. The molecule has 2 rings (SSSR count). The lowest BCUT2D eigenvalue weighted by Gasteiger charge is -2.09. The molecule has 0 aromatic heterocycles. The van der Waals surface area contributed by atoms with Gasteiger partial charge < -0.3 is 15.1 Å². The summed E-state index contributed by atoms with van der Waals surface area (Å²) >= 11 is 0. The van der Waals surface area contributed by atoms with Gasteiger partial charge in [0.1, 0.15) is 5.75 Å². The van der Waals surface area contributed by atoms with Crippen molar-refractivity contribution >= 4 is 5.71 Å². The van der Waals surface area contributed by atoms with E-state index in [2.05, 4.69) is 5.16 Å². The number of benzene rings is 1. The highest BCUT2D eigenvalue weighted by atomic mass is 16.5. The van der Waals surface area contributed by atoms with Gasteiger partial charge in [-0.3, -0.25) is 0 Å². The van der Waals surface area contributed by atoms with Crippen molar-refractivity contribution in [2.75, 3.05) is 6.61 Å². The molecule has 17 heavy (non-hydrogen) atoms. The SMILES string of the molecule is CC(O)CCOc1ccc2c(c1)CC/C2=N\O. The van der Waals surface area contributed by atoms with E-state index in [9.17, 15) is 0 Å². The van der Waals surface area contributed by atoms with E-state index in [4.69, 9.17) is 15.1 Å². The molecule has 4 heteroatoms. The number of oxime groups is 1. The Bertz CT molecular complexity index is 427. The summed E-state index contributed by atoms with van der Waals surface area (Å²) in [5, 5.41) is 21.2. The van der Waals surface area contributed by atoms with Crippen molar-refractivity contribution in [2.45, 2.75) is 32.3 Å². The summed E-state index contributed by atoms with van der Waals surface area (Å²) in [6.45, 7) is 2.26. The molecule has 1 aromatic rings. The summed E-state index contributed by atoms with van der Waals surface area (Å²) in [6.07, 6.45) is 1.96. The summed E-state index contributed by atoms with van der Waals surface area (Å²) in [4.78, 5) is 0. The first-order valence-corrected chi connectivity index (χ1v) is 5.86. The molecule has 0 amide bonds. The molecule has 0 aliphatic heterocycles. The lowest BCUT2D eigenvalue weighted by atomic mass is 10.1. The second kappa shape index (κ2) is 5.19.